The Morgan fingerprint density at radius 2 is 2.17 bits per heavy atom. The van der Waals surface area contributed by atoms with E-state index in [-0.39, 0.29) is 19.1 Å². The van der Waals surface area contributed by atoms with Gasteiger partial charge in [0.15, 0.2) is 0 Å². The fourth-order valence-electron chi connectivity index (χ4n) is 2.87. The van der Waals surface area contributed by atoms with Gasteiger partial charge in [-0.25, -0.2) is 4.98 Å². The second-order valence-electron chi connectivity index (χ2n) is 6.04. The predicted octanol–water partition coefficient (Wildman–Crippen LogP) is 2.15. The minimum atomic E-state index is -0.104. The number of fused-ring (bicyclic) bond motifs is 1. The van der Waals surface area contributed by atoms with Crippen molar-refractivity contribution in [2.24, 2.45) is 7.05 Å². The van der Waals surface area contributed by atoms with Crippen molar-refractivity contribution >= 4 is 16.8 Å². The molecule has 3 rings (SSSR count). The van der Waals surface area contributed by atoms with E-state index in [4.69, 9.17) is 0 Å². The number of aromatic amines is 1. The van der Waals surface area contributed by atoms with Crippen LogP contribution in [-0.2, 0) is 13.6 Å². The van der Waals surface area contributed by atoms with Crippen molar-refractivity contribution in [2.45, 2.75) is 20.4 Å². The maximum atomic E-state index is 12.9. The number of carbonyl (C=O) groups is 1. The van der Waals surface area contributed by atoms with E-state index in [1.165, 1.54) is 0 Å². The zero-order valence-electron chi connectivity index (χ0n) is 14.2. The van der Waals surface area contributed by atoms with Gasteiger partial charge in [0.25, 0.3) is 5.91 Å². The molecule has 0 atom stereocenters. The van der Waals surface area contributed by atoms with E-state index in [2.05, 4.69) is 9.97 Å². The molecular weight excluding hydrogens is 304 g/mol. The third-order valence-electron chi connectivity index (χ3n) is 4.47. The SMILES string of the molecule is Cc1[nH]c2ccc(C(=O)N(CCO)Cc3nccn3C)cc2c1C. The average molecular weight is 326 g/mol. The van der Waals surface area contributed by atoms with Gasteiger partial charge in [0.05, 0.1) is 13.2 Å². The molecule has 126 valence electrons. The number of hydrogen-bond donors (Lipinski definition) is 2. The van der Waals surface area contributed by atoms with Gasteiger partial charge in [-0.3, -0.25) is 4.79 Å². The molecule has 0 saturated carbocycles. The lowest BCUT2D eigenvalue weighted by atomic mass is 10.1. The molecule has 3 aromatic rings. The molecule has 6 heteroatoms. The van der Waals surface area contributed by atoms with Crippen molar-refractivity contribution < 1.29 is 9.90 Å². The highest BCUT2D eigenvalue weighted by molar-refractivity contribution is 5.99. The van der Waals surface area contributed by atoms with Crippen LogP contribution in [0.1, 0.15) is 27.4 Å². The average Bonchev–Trinajstić information content (AvgIpc) is 3.10. The van der Waals surface area contributed by atoms with Gasteiger partial charge in [-0.2, -0.15) is 0 Å². The first kappa shape index (κ1) is 16.3. The first-order valence-electron chi connectivity index (χ1n) is 7.96. The van der Waals surface area contributed by atoms with Crippen LogP contribution < -0.4 is 0 Å². The van der Waals surface area contributed by atoms with Gasteiger partial charge >= 0.3 is 0 Å². The van der Waals surface area contributed by atoms with Crippen molar-refractivity contribution in [3.05, 3.63) is 53.2 Å². The van der Waals surface area contributed by atoms with E-state index < -0.39 is 0 Å². The second kappa shape index (κ2) is 6.49. The Hall–Kier alpha value is -2.60. The summed E-state index contributed by atoms with van der Waals surface area (Å²) < 4.78 is 1.88. The van der Waals surface area contributed by atoms with Crippen LogP contribution >= 0.6 is 0 Å². The smallest absolute Gasteiger partial charge is 0.254 e. The summed E-state index contributed by atoms with van der Waals surface area (Å²) >= 11 is 0. The van der Waals surface area contributed by atoms with Gasteiger partial charge in [-0.15, -0.1) is 0 Å². The highest BCUT2D eigenvalue weighted by Gasteiger charge is 2.18. The number of nitrogens with one attached hydrogen (secondary N) is 1. The molecule has 0 aliphatic carbocycles. The fraction of sp³-hybridized carbons (Fsp3) is 0.333. The lowest BCUT2D eigenvalue weighted by molar-refractivity contribution is 0.0701. The standard InChI is InChI=1S/C18H22N4O2/c1-12-13(2)20-16-5-4-14(10-15(12)16)18(24)22(8-9-23)11-17-19-6-7-21(17)3/h4-7,10,20,23H,8-9,11H2,1-3H3. The minimum Gasteiger partial charge on any atom is -0.395 e. The van der Waals surface area contributed by atoms with Crippen LogP contribution in [0.25, 0.3) is 10.9 Å². The maximum Gasteiger partial charge on any atom is 0.254 e. The first-order chi connectivity index (χ1) is 11.5. The Bertz CT molecular complexity index is 878. The van der Waals surface area contributed by atoms with E-state index in [1.54, 1.807) is 11.1 Å². The van der Waals surface area contributed by atoms with Crippen LogP contribution in [0.3, 0.4) is 0 Å². The highest BCUT2D eigenvalue weighted by atomic mass is 16.3. The topological polar surface area (TPSA) is 74.2 Å². The third-order valence-corrected chi connectivity index (χ3v) is 4.47. The van der Waals surface area contributed by atoms with E-state index in [0.29, 0.717) is 12.1 Å². The van der Waals surface area contributed by atoms with Gasteiger partial charge in [-0.1, -0.05) is 0 Å². The molecule has 24 heavy (non-hydrogen) atoms. The van der Waals surface area contributed by atoms with Crippen LogP contribution in [0, 0.1) is 13.8 Å². The number of hydrogen-bond acceptors (Lipinski definition) is 3. The van der Waals surface area contributed by atoms with Crippen molar-refractivity contribution in [3.8, 4) is 0 Å². The lowest BCUT2D eigenvalue weighted by Gasteiger charge is -2.21. The highest BCUT2D eigenvalue weighted by Crippen LogP contribution is 2.23. The zero-order valence-corrected chi connectivity index (χ0v) is 14.2. The van der Waals surface area contributed by atoms with Crippen molar-refractivity contribution in [1.82, 2.24) is 19.4 Å². The van der Waals surface area contributed by atoms with Gasteiger partial charge in [-0.05, 0) is 37.6 Å². The third kappa shape index (κ3) is 2.92. The monoisotopic (exact) mass is 326 g/mol. The molecule has 0 aliphatic heterocycles. The van der Waals surface area contributed by atoms with Crippen molar-refractivity contribution in [1.29, 1.82) is 0 Å². The summed E-state index contributed by atoms with van der Waals surface area (Å²) in [5, 5.41) is 10.4. The summed E-state index contributed by atoms with van der Waals surface area (Å²) in [5.74, 6) is 0.679. The fourth-order valence-corrected chi connectivity index (χ4v) is 2.87. The summed E-state index contributed by atoms with van der Waals surface area (Å²) in [4.78, 5) is 22.1. The number of aliphatic hydroxyl groups excluding tert-OH is 1. The minimum absolute atomic E-state index is 0.0826. The van der Waals surface area contributed by atoms with Gasteiger partial charge in [0.2, 0.25) is 0 Å². The van der Waals surface area contributed by atoms with Crippen LogP contribution in [0.2, 0.25) is 0 Å². The first-order valence-corrected chi connectivity index (χ1v) is 7.96. The normalized spacial score (nSPS) is 11.2. The van der Waals surface area contributed by atoms with E-state index in [0.717, 1.165) is 28.0 Å². The summed E-state index contributed by atoms with van der Waals surface area (Å²) in [7, 11) is 1.89. The van der Waals surface area contributed by atoms with Crippen LogP contribution in [0.4, 0.5) is 0 Å². The zero-order chi connectivity index (χ0) is 17.3. The molecule has 2 aromatic heterocycles. The molecule has 2 heterocycles. The number of H-pyrrole nitrogens is 1. The molecule has 0 aliphatic rings. The number of aliphatic hydroxyl groups is 1. The number of benzene rings is 1. The predicted molar refractivity (Wildman–Crippen MR) is 92.8 cm³/mol. The Kier molecular flexibility index (Phi) is 4.40. The number of nitrogens with zero attached hydrogens (tertiary/aromatic N) is 3. The van der Waals surface area contributed by atoms with Gasteiger partial charge < -0.3 is 19.6 Å². The van der Waals surface area contributed by atoms with Gasteiger partial charge in [0.1, 0.15) is 5.82 Å². The lowest BCUT2D eigenvalue weighted by Crippen LogP contribution is -2.34. The second-order valence-corrected chi connectivity index (χ2v) is 6.04. The number of aromatic nitrogens is 3. The number of imidazole rings is 1. The summed E-state index contributed by atoms with van der Waals surface area (Å²) in [6.45, 7) is 4.62. The molecule has 1 amide bonds. The van der Waals surface area contributed by atoms with Crippen molar-refractivity contribution in [3.63, 3.8) is 0 Å². The number of aryl methyl sites for hydroxylation is 3. The molecule has 0 radical (unpaired) electrons. The summed E-state index contributed by atoms with van der Waals surface area (Å²) in [6, 6.07) is 5.67. The number of amides is 1. The Balaban J connectivity index is 1.92. The molecule has 0 bridgehead atoms. The number of rotatable bonds is 5. The molecule has 2 N–H and O–H groups in total. The van der Waals surface area contributed by atoms with E-state index >= 15 is 0 Å². The summed E-state index contributed by atoms with van der Waals surface area (Å²) in [5.41, 5.74) is 3.90. The molecule has 0 fully saturated rings. The Morgan fingerprint density at radius 1 is 1.38 bits per heavy atom. The number of carbonyl (C=O) groups excluding carboxylic acids is 1. The Labute approximate surface area is 140 Å². The van der Waals surface area contributed by atoms with E-state index in [9.17, 15) is 9.90 Å². The molecule has 0 spiro atoms. The van der Waals surface area contributed by atoms with Crippen LogP contribution in [0.15, 0.2) is 30.6 Å². The maximum absolute atomic E-state index is 12.9. The molecular formula is C18H22N4O2. The Morgan fingerprint density at radius 3 is 2.83 bits per heavy atom. The van der Waals surface area contributed by atoms with Crippen LogP contribution in [0.5, 0.6) is 0 Å². The molecule has 0 saturated heterocycles. The quantitative estimate of drug-likeness (QED) is 0.754. The molecule has 6 nitrogen and oxygen atoms in total. The van der Waals surface area contributed by atoms with Gasteiger partial charge in [0, 0.05) is 48.1 Å². The van der Waals surface area contributed by atoms with Crippen molar-refractivity contribution in [2.75, 3.05) is 13.2 Å². The van der Waals surface area contributed by atoms with Crippen LogP contribution in [-0.4, -0.2) is 43.6 Å². The molecule has 0 unspecified atom stereocenters. The summed E-state index contributed by atoms with van der Waals surface area (Å²) in [6.07, 6.45) is 3.55. The largest absolute Gasteiger partial charge is 0.395 e. The molecule has 1 aromatic carbocycles. The van der Waals surface area contributed by atoms with E-state index in [1.807, 2.05) is 49.9 Å².